The van der Waals surface area contributed by atoms with Crippen molar-refractivity contribution in [3.8, 4) is 0 Å². The van der Waals surface area contributed by atoms with Crippen molar-refractivity contribution in [2.75, 3.05) is 11.1 Å². The molecule has 2 N–H and O–H groups in total. The van der Waals surface area contributed by atoms with Crippen LogP contribution in [0.5, 0.6) is 0 Å². The van der Waals surface area contributed by atoms with E-state index in [1.165, 1.54) is 22.9 Å². The second-order valence-electron chi connectivity index (χ2n) is 4.51. The molecule has 7 heteroatoms. The first kappa shape index (κ1) is 14.6. The molecule has 0 aromatic carbocycles. The zero-order valence-electron chi connectivity index (χ0n) is 11.2. The molecule has 1 aliphatic heterocycles. The Morgan fingerprint density at radius 2 is 2.40 bits per heavy atom. The van der Waals surface area contributed by atoms with Crippen LogP contribution in [-0.4, -0.2) is 44.2 Å². The Bertz CT molecular complexity index is 483. The molecule has 1 aliphatic rings. The molecule has 0 bridgehead atoms. The van der Waals surface area contributed by atoms with Crippen LogP contribution < -0.4 is 5.32 Å². The predicted octanol–water partition coefficient (Wildman–Crippen LogP) is 2.24. The van der Waals surface area contributed by atoms with Gasteiger partial charge in [0.2, 0.25) is 0 Å². The summed E-state index contributed by atoms with van der Waals surface area (Å²) in [5, 5.41) is 11.9. The molecule has 6 nitrogen and oxygen atoms in total. The molecule has 1 aromatic heterocycles. The molecule has 1 saturated heterocycles. The molecule has 2 heterocycles. The number of hydrogen-bond donors (Lipinski definition) is 2. The lowest BCUT2D eigenvalue weighted by molar-refractivity contribution is -0.141. The molecule has 2 amide bonds. The molecule has 0 radical (unpaired) electrons. The smallest absolute Gasteiger partial charge is 0.327 e. The van der Waals surface area contributed by atoms with E-state index in [9.17, 15) is 14.7 Å². The number of hydrogen-bond acceptors (Lipinski definition) is 4. The second-order valence-corrected chi connectivity index (χ2v) is 5.72. The number of thioether (sulfide) groups is 1. The maximum absolute atomic E-state index is 12.3. The Balaban J connectivity index is 2.12. The summed E-state index contributed by atoms with van der Waals surface area (Å²) in [6, 6.07) is 2.28. The summed E-state index contributed by atoms with van der Waals surface area (Å²) in [6.45, 7) is 2.02. The molecule has 0 saturated carbocycles. The quantitative estimate of drug-likeness (QED) is 0.890. The summed E-state index contributed by atoms with van der Waals surface area (Å²) in [4.78, 5) is 28.9. The second kappa shape index (κ2) is 6.60. The molecule has 0 aliphatic carbocycles. The monoisotopic (exact) mass is 295 g/mol. The average Bonchev–Trinajstić information content (AvgIpc) is 2.84. The van der Waals surface area contributed by atoms with E-state index in [0.717, 1.165) is 12.8 Å². The number of amides is 2. The standard InChI is InChI=1S/C13H17N3O3S/c1-2-4-11-16(10(8-20-11)12(17)18)13(19)15-9-5-3-6-14-7-9/h3,5-7,10-11H,2,4,8H2,1H3,(H,15,19)(H,17,18). The van der Waals surface area contributed by atoms with Crippen LogP contribution in [0.3, 0.4) is 0 Å². The maximum Gasteiger partial charge on any atom is 0.327 e. The normalized spacial score (nSPS) is 21.8. The molecule has 108 valence electrons. The van der Waals surface area contributed by atoms with Gasteiger partial charge >= 0.3 is 12.0 Å². The zero-order valence-corrected chi connectivity index (χ0v) is 12.0. The minimum absolute atomic E-state index is 0.0854. The van der Waals surface area contributed by atoms with Crippen molar-refractivity contribution in [3.63, 3.8) is 0 Å². The van der Waals surface area contributed by atoms with E-state index < -0.39 is 12.0 Å². The minimum atomic E-state index is -0.961. The highest BCUT2D eigenvalue weighted by molar-refractivity contribution is 8.00. The van der Waals surface area contributed by atoms with Crippen molar-refractivity contribution in [2.45, 2.75) is 31.2 Å². The number of carbonyl (C=O) groups is 2. The number of nitrogens with one attached hydrogen (secondary N) is 1. The van der Waals surface area contributed by atoms with Crippen LogP contribution in [0.1, 0.15) is 19.8 Å². The predicted molar refractivity (Wildman–Crippen MR) is 77.7 cm³/mol. The van der Waals surface area contributed by atoms with Crippen LogP contribution in [0.25, 0.3) is 0 Å². The van der Waals surface area contributed by atoms with Gasteiger partial charge in [0.15, 0.2) is 0 Å². The molecular weight excluding hydrogens is 278 g/mol. The SMILES string of the molecule is CCCC1SCC(C(=O)O)N1C(=O)Nc1cccnc1. The number of nitrogens with zero attached hydrogens (tertiary/aromatic N) is 2. The number of carboxylic acids is 1. The van der Waals surface area contributed by atoms with E-state index in [0.29, 0.717) is 11.4 Å². The highest BCUT2D eigenvalue weighted by atomic mass is 32.2. The number of anilines is 1. The van der Waals surface area contributed by atoms with E-state index in [-0.39, 0.29) is 11.4 Å². The fourth-order valence-electron chi connectivity index (χ4n) is 2.12. The van der Waals surface area contributed by atoms with Gasteiger partial charge in [-0.1, -0.05) is 13.3 Å². The average molecular weight is 295 g/mol. The largest absolute Gasteiger partial charge is 0.480 e. The number of carboxylic acid groups (broad SMARTS) is 1. The summed E-state index contributed by atoms with van der Waals surface area (Å²) < 4.78 is 0. The topological polar surface area (TPSA) is 82.5 Å². The fraction of sp³-hybridized carbons (Fsp3) is 0.462. The number of aromatic nitrogens is 1. The number of urea groups is 1. The lowest BCUT2D eigenvalue weighted by atomic mass is 10.2. The van der Waals surface area contributed by atoms with Gasteiger partial charge in [-0.25, -0.2) is 9.59 Å². The molecule has 20 heavy (non-hydrogen) atoms. The van der Waals surface area contributed by atoms with Crippen LogP contribution in [0.15, 0.2) is 24.5 Å². The Morgan fingerprint density at radius 3 is 3.00 bits per heavy atom. The van der Waals surface area contributed by atoms with Crippen molar-refractivity contribution in [1.82, 2.24) is 9.88 Å². The first-order valence-electron chi connectivity index (χ1n) is 6.47. The molecular formula is C13H17N3O3S. The van der Waals surface area contributed by atoms with E-state index in [4.69, 9.17) is 0 Å². The van der Waals surface area contributed by atoms with Crippen LogP contribution in [0, 0.1) is 0 Å². The third-order valence-corrected chi connectivity index (χ3v) is 4.42. The summed E-state index contributed by atoms with van der Waals surface area (Å²) in [7, 11) is 0. The van der Waals surface area contributed by atoms with E-state index in [2.05, 4.69) is 10.3 Å². The van der Waals surface area contributed by atoms with Crippen LogP contribution in [0.2, 0.25) is 0 Å². The van der Waals surface area contributed by atoms with E-state index in [1.807, 2.05) is 6.92 Å². The van der Waals surface area contributed by atoms with Gasteiger partial charge in [-0.05, 0) is 18.6 Å². The van der Waals surface area contributed by atoms with Gasteiger partial charge in [0.1, 0.15) is 6.04 Å². The lowest BCUT2D eigenvalue weighted by Gasteiger charge is -2.27. The molecule has 2 atom stereocenters. The van der Waals surface area contributed by atoms with Gasteiger partial charge in [0.05, 0.1) is 17.3 Å². The van der Waals surface area contributed by atoms with E-state index in [1.54, 1.807) is 18.3 Å². The number of aliphatic carboxylic acids is 1. The first-order chi connectivity index (χ1) is 9.63. The van der Waals surface area contributed by atoms with Crippen molar-refractivity contribution >= 4 is 29.4 Å². The maximum atomic E-state index is 12.3. The third kappa shape index (κ3) is 3.22. The van der Waals surface area contributed by atoms with Crippen LogP contribution >= 0.6 is 11.8 Å². The van der Waals surface area contributed by atoms with Crippen molar-refractivity contribution in [3.05, 3.63) is 24.5 Å². The molecule has 1 aromatic rings. The van der Waals surface area contributed by atoms with E-state index >= 15 is 0 Å². The molecule has 2 rings (SSSR count). The Kier molecular flexibility index (Phi) is 4.84. The van der Waals surface area contributed by atoms with Gasteiger partial charge in [-0.2, -0.15) is 0 Å². The third-order valence-electron chi connectivity index (χ3n) is 3.06. The first-order valence-corrected chi connectivity index (χ1v) is 7.52. The van der Waals surface area contributed by atoms with Gasteiger partial charge < -0.3 is 10.4 Å². The molecule has 1 fully saturated rings. The summed E-state index contributed by atoms with van der Waals surface area (Å²) in [6.07, 6.45) is 4.84. The van der Waals surface area contributed by atoms with Gasteiger partial charge in [0, 0.05) is 11.9 Å². The van der Waals surface area contributed by atoms with Crippen molar-refractivity contribution in [2.24, 2.45) is 0 Å². The number of pyridine rings is 1. The van der Waals surface area contributed by atoms with Crippen molar-refractivity contribution < 1.29 is 14.7 Å². The Labute approximate surface area is 121 Å². The van der Waals surface area contributed by atoms with Crippen LogP contribution in [-0.2, 0) is 4.79 Å². The zero-order chi connectivity index (χ0) is 14.5. The van der Waals surface area contributed by atoms with Gasteiger partial charge in [0.25, 0.3) is 0 Å². The fourth-order valence-corrected chi connectivity index (χ4v) is 3.63. The highest BCUT2D eigenvalue weighted by Crippen LogP contribution is 2.32. The Hall–Kier alpha value is -1.76. The minimum Gasteiger partial charge on any atom is -0.480 e. The number of rotatable bonds is 4. The lowest BCUT2D eigenvalue weighted by Crippen LogP contribution is -2.47. The summed E-state index contributed by atoms with van der Waals surface area (Å²) in [5.74, 6) is -0.530. The Morgan fingerprint density at radius 1 is 1.60 bits per heavy atom. The number of carbonyl (C=O) groups excluding carboxylic acids is 1. The van der Waals surface area contributed by atoms with Crippen LogP contribution in [0.4, 0.5) is 10.5 Å². The summed E-state index contributed by atoms with van der Waals surface area (Å²) >= 11 is 1.52. The van der Waals surface area contributed by atoms with Gasteiger partial charge in [-0.15, -0.1) is 11.8 Å². The van der Waals surface area contributed by atoms with Crippen molar-refractivity contribution in [1.29, 1.82) is 0 Å². The molecule has 2 unspecified atom stereocenters. The summed E-state index contributed by atoms with van der Waals surface area (Å²) in [5.41, 5.74) is 0.564. The molecule has 0 spiro atoms. The highest BCUT2D eigenvalue weighted by Gasteiger charge is 2.41. The van der Waals surface area contributed by atoms with Gasteiger partial charge in [-0.3, -0.25) is 9.88 Å².